The number of hydrogen-bond donors (Lipinski definition) is 1. The molecule has 134 valence electrons. The highest BCUT2D eigenvalue weighted by Crippen LogP contribution is 2.33. The number of hydrogen-bond acceptors (Lipinski definition) is 4. The van der Waals surface area contributed by atoms with E-state index in [9.17, 15) is 14.7 Å². The number of aliphatic hydroxyl groups excluding tert-OH is 1. The summed E-state index contributed by atoms with van der Waals surface area (Å²) in [6.45, 7) is 4.69. The maximum Gasteiger partial charge on any atom is 0.301 e. The van der Waals surface area contributed by atoms with Crippen molar-refractivity contribution in [2.45, 2.75) is 13.8 Å². The number of halogens is 1. The van der Waals surface area contributed by atoms with Gasteiger partial charge in [-0.15, -0.1) is 0 Å². The third kappa shape index (κ3) is 3.51. The number of nitrogens with zero attached hydrogens (tertiary/aromatic N) is 1. The first-order valence-corrected chi connectivity index (χ1v) is 8.98. The monoisotopic (exact) mass is 415 g/mol. The predicted molar refractivity (Wildman–Crippen MR) is 103 cm³/mol. The number of amides is 2. The highest BCUT2D eigenvalue weighted by Gasteiger charge is 2.40. The van der Waals surface area contributed by atoms with Gasteiger partial charge in [-0.25, -0.2) is 4.90 Å². The van der Waals surface area contributed by atoms with E-state index in [0.29, 0.717) is 29.5 Å². The third-order valence-electron chi connectivity index (χ3n) is 3.87. The molecule has 2 aromatic carbocycles. The second kappa shape index (κ2) is 7.33. The van der Waals surface area contributed by atoms with Crippen LogP contribution in [-0.2, 0) is 9.59 Å². The molecule has 26 heavy (non-hydrogen) atoms. The maximum atomic E-state index is 12.8. The van der Waals surface area contributed by atoms with E-state index in [1.807, 2.05) is 0 Å². The molecule has 5 nitrogen and oxygen atoms in total. The van der Waals surface area contributed by atoms with Crippen LogP contribution in [0.3, 0.4) is 0 Å². The van der Waals surface area contributed by atoms with Gasteiger partial charge in [-0.1, -0.05) is 41.9 Å². The SMILES string of the molecule is CC(C)COc1ccc(C2=C(O)C(=O)N(c3ccc(Br)cc3)C2=O)cc1. The first kappa shape index (κ1) is 18.2. The molecule has 1 heterocycles. The number of ether oxygens (including phenoxy) is 1. The second-order valence-electron chi connectivity index (χ2n) is 6.37. The number of rotatable bonds is 5. The fraction of sp³-hybridized carbons (Fsp3) is 0.200. The summed E-state index contributed by atoms with van der Waals surface area (Å²) in [7, 11) is 0. The summed E-state index contributed by atoms with van der Waals surface area (Å²) in [5.41, 5.74) is 0.868. The van der Waals surface area contributed by atoms with Crippen molar-refractivity contribution in [1.82, 2.24) is 0 Å². The molecule has 0 saturated carbocycles. The van der Waals surface area contributed by atoms with Gasteiger partial charge in [0.15, 0.2) is 5.76 Å². The van der Waals surface area contributed by atoms with Crippen LogP contribution < -0.4 is 9.64 Å². The first-order valence-electron chi connectivity index (χ1n) is 8.19. The van der Waals surface area contributed by atoms with Crippen LogP contribution in [0.25, 0.3) is 5.57 Å². The van der Waals surface area contributed by atoms with Gasteiger partial charge in [0.05, 0.1) is 17.9 Å². The molecular weight excluding hydrogens is 398 g/mol. The van der Waals surface area contributed by atoms with Crippen LogP contribution in [0, 0.1) is 5.92 Å². The fourth-order valence-electron chi connectivity index (χ4n) is 2.58. The molecule has 3 rings (SSSR count). The van der Waals surface area contributed by atoms with Crippen LogP contribution in [0.2, 0.25) is 0 Å². The minimum Gasteiger partial charge on any atom is -0.502 e. The van der Waals surface area contributed by atoms with Crippen molar-refractivity contribution < 1.29 is 19.4 Å². The van der Waals surface area contributed by atoms with Gasteiger partial charge in [0.25, 0.3) is 5.91 Å². The Hall–Kier alpha value is -2.60. The molecule has 0 radical (unpaired) electrons. The Morgan fingerprint density at radius 2 is 1.62 bits per heavy atom. The lowest BCUT2D eigenvalue weighted by atomic mass is 10.1. The van der Waals surface area contributed by atoms with Crippen molar-refractivity contribution in [3.05, 3.63) is 64.3 Å². The average Bonchev–Trinajstić information content (AvgIpc) is 2.84. The standard InChI is InChI=1S/C20H18BrNO4/c1-12(2)11-26-16-9-3-13(4-10-16)17-18(23)20(25)22(19(17)24)15-7-5-14(21)6-8-15/h3-10,12,23H,11H2,1-2H3. The molecule has 0 spiro atoms. The van der Waals surface area contributed by atoms with Gasteiger partial charge in [-0.05, 0) is 47.9 Å². The van der Waals surface area contributed by atoms with Gasteiger partial charge in [0, 0.05) is 4.47 Å². The van der Waals surface area contributed by atoms with Crippen molar-refractivity contribution >= 4 is 39.0 Å². The Labute approximate surface area is 160 Å². The minimum atomic E-state index is -0.729. The summed E-state index contributed by atoms with van der Waals surface area (Å²) in [5, 5.41) is 10.2. The Morgan fingerprint density at radius 1 is 1.00 bits per heavy atom. The van der Waals surface area contributed by atoms with E-state index in [2.05, 4.69) is 29.8 Å². The Kier molecular flexibility index (Phi) is 5.13. The quantitative estimate of drug-likeness (QED) is 0.738. The number of benzene rings is 2. The lowest BCUT2D eigenvalue weighted by molar-refractivity contribution is -0.121. The van der Waals surface area contributed by atoms with E-state index >= 15 is 0 Å². The molecule has 0 unspecified atom stereocenters. The van der Waals surface area contributed by atoms with Gasteiger partial charge < -0.3 is 9.84 Å². The van der Waals surface area contributed by atoms with Gasteiger partial charge in [-0.3, -0.25) is 9.59 Å². The van der Waals surface area contributed by atoms with Gasteiger partial charge in [-0.2, -0.15) is 0 Å². The fourth-order valence-corrected chi connectivity index (χ4v) is 2.85. The van der Waals surface area contributed by atoms with Crippen LogP contribution in [0.5, 0.6) is 5.75 Å². The minimum absolute atomic E-state index is 0.00618. The summed E-state index contributed by atoms with van der Waals surface area (Å²) in [5.74, 6) is -0.758. The molecule has 2 amide bonds. The summed E-state index contributed by atoms with van der Waals surface area (Å²) >= 11 is 3.31. The van der Waals surface area contributed by atoms with E-state index < -0.39 is 17.6 Å². The van der Waals surface area contributed by atoms with Crippen molar-refractivity contribution in [3.8, 4) is 5.75 Å². The molecule has 0 fully saturated rings. The topological polar surface area (TPSA) is 66.8 Å². The zero-order chi connectivity index (χ0) is 18.8. The molecule has 0 atom stereocenters. The van der Waals surface area contributed by atoms with Crippen LogP contribution in [0.4, 0.5) is 5.69 Å². The zero-order valence-electron chi connectivity index (χ0n) is 14.4. The van der Waals surface area contributed by atoms with Gasteiger partial charge >= 0.3 is 5.91 Å². The molecule has 6 heteroatoms. The third-order valence-corrected chi connectivity index (χ3v) is 4.40. The molecule has 1 aliphatic rings. The van der Waals surface area contributed by atoms with E-state index in [4.69, 9.17) is 4.74 Å². The summed E-state index contributed by atoms with van der Waals surface area (Å²) in [6, 6.07) is 13.5. The zero-order valence-corrected chi connectivity index (χ0v) is 16.0. The lowest BCUT2D eigenvalue weighted by Gasteiger charge is -2.14. The number of carbonyl (C=O) groups is 2. The molecule has 0 saturated heterocycles. The number of carbonyl (C=O) groups excluding carboxylic acids is 2. The van der Waals surface area contributed by atoms with E-state index in [1.54, 1.807) is 48.5 Å². The maximum absolute atomic E-state index is 12.8. The summed E-state index contributed by atoms with van der Waals surface area (Å²) in [6.07, 6.45) is 0. The highest BCUT2D eigenvalue weighted by atomic mass is 79.9. The average molecular weight is 416 g/mol. The summed E-state index contributed by atoms with van der Waals surface area (Å²) in [4.78, 5) is 26.1. The van der Waals surface area contributed by atoms with Crippen LogP contribution in [0.1, 0.15) is 19.4 Å². The lowest BCUT2D eigenvalue weighted by Crippen LogP contribution is -2.31. The molecule has 1 N–H and O–H groups in total. The van der Waals surface area contributed by atoms with Crippen LogP contribution in [0.15, 0.2) is 58.8 Å². The summed E-state index contributed by atoms with van der Waals surface area (Å²) < 4.78 is 6.44. The van der Waals surface area contributed by atoms with Gasteiger partial charge in [0.2, 0.25) is 0 Å². The Balaban J connectivity index is 1.87. The van der Waals surface area contributed by atoms with Crippen molar-refractivity contribution in [1.29, 1.82) is 0 Å². The van der Waals surface area contributed by atoms with Crippen molar-refractivity contribution in [2.75, 3.05) is 11.5 Å². The van der Waals surface area contributed by atoms with Crippen molar-refractivity contribution in [3.63, 3.8) is 0 Å². The van der Waals surface area contributed by atoms with E-state index in [0.717, 1.165) is 9.37 Å². The predicted octanol–water partition coefficient (Wildman–Crippen LogP) is 4.33. The van der Waals surface area contributed by atoms with Crippen LogP contribution in [-0.4, -0.2) is 23.5 Å². The molecule has 0 aromatic heterocycles. The second-order valence-corrected chi connectivity index (χ2v) is 7.29. The van der Waals surface area contributed by atoms with Crippen molar-refractivity contribution in [2.24, 2.45) is 5.92 Å². The normalized spacial score (nSPS) is 14.5. The Morgan fingerprint density at radius 3 is 2.19 bits per heavy atom. The molecule has 0 bridgehead atoms. The Bertz CT molecular complexity index is 870. The molecule has 0 aliphatic carbocycles. The van der Waals surface area contributed by atoms with Gasteiger partial charge in [0.1, 0.15) is 5.75 Å². The van der Waals surface area contributed by atoms with Crippen LogP contribution >= 0.6 is 15.9 Å². The number of imide groups is 1. The smallest absolute Gasteiger partial charge is 0.301 e. The molecule has 1 aliphatic heterocycles. The number of aliphatic hydroxyl groups is 1. The largest absolute Gasteiger partial charge is 0.502 e. The molecular formula is C20H18BrNO4. The molecule has 2 aromatic rings. The number of anilines is 1. The first-order chi connectivity index (χ1) is 12.4. The van der Waals surface area contributed by atoms with E-state index in [1.165, 1.54) is 0 Å². The van der Waals surface area contributed by atoms with E-state index in [-0.39, 0.29) is 5.57 Å². The highest BCUT2D eigenvalue weighted by molar-refractivity contribution is 9.10.